The van der Waals surface area contributed by atoms with Crippen molar-refractivity contribution in [3.63, 3.8) is 0 Å². The molecule has 1 aliphatic rings. The molecule has 1 amide bonds. The predicted molar refractivity (Wildman–Crippen MR) is 105 cm³/mol. The van der Waals surface area contributed by atoms with E-state index < -0.39 is 0 Å². The molecule has 0 bridgehead atoms. The molecule has 1 N–H and O–H groups in total. The number of amides is 1. The number of fused-ring (bicyclic) bond motifs is 1. The molecule has 1 aromatic carbocycles. The lowest BCUT2D eigenvalue weighted by molar-refractivity contribution is -0.131. The number of carbonyl (C=O) groups excluding carboxylic acids is 1. The maximum atomic E-state index is 12.8. The van der Waals surface area contributed by atoms with Crippen molar-refractivity contribution in [2.45, 2.75) is 26.3 Å². The average Bonchev–Trinajstić information content (AvgIpc) is 3.00. The van der Waals surface area contributed by atoms with Gasteiger partial charge in [-0.05, 0) is 25.1 Å². The standard InChI is InChI=1S/C19H17Cl2N5O2/c1-11-19(28-15-5-13(20)4-14(21)6-15)17(25-24-11)7-18(27)26-3-2-16-12(9-26)8-22-10-23-16/h4-6,8,10H,2-3,7,9H2,1H3,(H,24,25). The lowest BCUT2D eigenvalue weighted by Gasteiger charge is -2.27. The van der Waals surface area contributed by atoms with Gasteiger partial charge in [0, 0.05) is 41.3 Å². The second-order valence-corrected chi connectivity index (χ2v) is 7.44. The fourth-order valence-corrected chi connectivity index (χ4v) is 3.67. The Labute approximate surface area is 171 Å². The zero-order valence-corrected chi connectivity index (χ0v) is 16.6. The highest BCUT2D eigenvalue weighted by molar-refractivity contribution is 6.34. The molecule has 4 rings (SSSR count). The molecule has 144 valence electrons. The van der Waals surface area contributed by atoms with Crippen molar-refractivity contribution in [3.05, 3.63) is 63.4 Å². The molecule has 28 heavy (non-hydrogen) atoms. The average molecular weight is 418 g/mol. The highest BCUT2D eigenvalue weighted by Crippen LogP contribution is 2.32. The van der Waals surface area contributed by atoms with Crippen molar-refractivity contribution in [3.8, 4) is 11.5 Å². The number of nitrogens with one attached hydrogen (secondary N) is 1. The number of rotatable bonds is 4. The van der Waals surface area contributed by atoms with Gasteiger partial charge in [0.2, 0.25) is 5.91 Å². The van der Waals surface area contributed by atoms with Crippen LogP contribution in [0.1, 0.15) is 22.6 Å². The number of aromatic amines is 1. The Morgan fingerprint density at radius 1 is 1.29 bits per heavy atom. The summed E-state index contributed by atoms with van der Waals surface area (Å²) in [7, 11) is 0. The largest absolute Gasteiger partial charge is 0.453 e. The Morgan fingerprint density at radius 3 is 2.86 bits per heavy atom. The van der Waals surface area contributed by atoms with Crippen LogP contribution >= 0.6 is 23.2 Å². The van der Waals surface area contributed by atoms with Crippen molar-refractivity contribution >= 4 is 29.1 Å². The molecule has 7 nitrogen and oxygen atoms in total. The van der Waals surface area contributed by atoms with Crippen molar-refractivity contribution in [1.82, 2.24) is 25.1 Å². The third-order valence-corrected chi connectivity index (χ3v) is 4.99. The van der Waals surface area contributed by atoms with Crippen LogP contribution in [0.15, 0.2) is 30.7 Å². The third kappa shape index (κ3) is 3.95. The summed E-state index contributed by atoms with van der Waals surface area (Å²) in [5.41, 5.74) is 3.23. The van der Waals surface area contributed by atoms with Gasteiger partial charge in [0.05, 0.1) is 17.8 Å². The second kappa shape index (κ2) is 7.77. The number of halogens is 2. The number of ether oxygens (including phenoxy) is 1. The molecule has 0 fully saturated rings. The smallest absolute Gasteiger partial charge is 0.229 e. The van der Waals surface area contributed by atoms with Gasteiger partial charge in [-0.2, -0.15) is 5.10 Å². The van der Waals surface area contributed by atoms with Crippen LogP contribution in [-0.4, -0.2) is 37.5 Å². The minimum absolute atomic E-state index is 0.0324. The van der Waals surface area contributed by atoms with Crippen molar-refractivity contribution in [1.29, 1.82) is 0 Å². The monoisotopic (exact) mass is 417 g/mol. The molecule has 0 spiro atoms. The van der Waals surface area contributed by atoms with Gasteiger partial charge < -0.3 is 9.64 Å². The Bertz CT molecular complexity index is 1020. The Balaban J connectivity index is 1.50. The molecule has 0 saturated carbocycles. The van der Waals surface area contributed by atoms with Gasteiger partial charge >= 0.3 is 0 Å². The van der Waals surface area contributed by atoms with Crippen LogP contribution in [0.5, 0.6) is 11.5 Å². The molecule has 2 aromatic heterocycles. The van der Waals surface area contributed by atoms with Crippen LogP contribution in [0, 0.1) is 6.92 Å². The maximum absolute atomic E-state index is 12.8. The van der Waals surface area contributed by atoms with Gasteiger partial charge in [-0.1, -0.05) is 23.2 Å². The van der Waals surface area contributed by atoms with E-state index in [1.165, 1.54) is 6.33 Å². The lowest BCUT2D eigenvalue weighted by Crippen LogP contribution is -2.37. The highest BCUT2D eigenvalue weighted by atomic mass is 35.5. The first-order valence-corrected chi connectivity index (χ1v) is 9.48. The molecule has 9 heteroatoms. The molecule has 0 aliphatic carbocycles. The topological polar surface area (TPSA) is 84.0 Å². The molecule has 3 aromatic rings. The number of benzene rings is 1. The minimum atomic E-state index is -0.0324. The van der Waals surface area contributed by atoms with Crippen LogP contribution in [-0.2, 0) is 24.2 Å². The zero-order valence-electron chi connectivity index (χ0n) is 15.1. The first-order valence-electron chi connectivity index (χ1n) is 8.73. The highest BCUT2D eigenvalue weighted by Gasteiger charge is 2.24. The van der Waals surface area contributed by atoms with Crippen molar-refractivity contribution in [2.24, 2.45) is 0 Å². The summed E-state index contributed by atoms with van der Waals surface area (Å²) in [4.78, 5) is 22.9. The fourth-order valence-electron chi connectivity index (χ4n) is 3.16. The van der Waals surface area contributed by atoms with E-state index in [2.05, 4.69) is 20.2 Å². The summed E-state index contributed by atoms with van der Waals surface area (Å²) in [6, 6.07) is 4.95. The van der Waals surface area contributed by atoms with E-state index in [9.17, 15) is 4.79 Å². The van der Waals surface area contributed by atoms with Gasteiger partial charge in [0.25, 0.3) is 0 Å². The van der Waals surface area contributed by atoms with E-state index in [1.807, 2.05) is 6.92 Å². The Kier molecular flexibility index (Phi) is 5.19. The number of H-pyrrole nitrogens is 1. The normalized spacial score (nSPS) is 13.3. The van der Waals surface area contributed by atoms with Crippen LogP contribution in [0.25, 0.3) is 0 Å². The number of nitrogens with zero attached hydrogens (tertiary/aromatic N) is 4. The minimum Gasteiger partial charge on any atom is -0.453 e. The Morgan fingerprint density at radius 2 is 2.07 bits per heavy atom. The number of carbonyl (C=O) groups is 1. The summed E-state index contributed by atoms with van der Waals surface area (Å²) < 4.78 is 5.93. The summed E-state index contributed by atoms with van der Waals surface area (Å²) in [5.74, 6) is 0.960. The molecule has 0 saturated heterocycles. The maximum Gasteiger partial charge on any atom is 0.229 e. The first-order chi connectivity index (χ1) is 13.5. The predicted octanol–water partition coefficient (Wildman–Crippen LogP) is 3.73. The van der Waals surface area contributed by atoms with Crippen LogP contribution in [0.4, 0.5) is 0 Å². The quantitative estimate of drug-likeness (QED) is 0.698. The number of aryl methyl sites for hydroxylation is 1. The van der Waals surface area contributed by atoms with E-state index in [-0.39, 0.29) is 12.3 Å². The number of aromatic nitrogens is 4. The van der Waals surface area contributed by atoms with E-state index in [1.54, 1.807) is 29.3 Å². The molecule has 0 radical (unpaired) electrons. The fraction of sp³-hybridized carbons (Fsp3) is 0.263. The summed E-state index contributed by atoms with van der Waals surface area (Å²) in [5, 5.41) is 8.06. The van der Waals surface area contributed by atoms with Gasteiger partial charge in [0.1, 0.15) is 17.8 Å². The Hall–Kier alpha value is -2.64. The van der Waals surface area contributed by atoms with Crippen LogP contribution in [0.3, 0.4) is 0 Å². The summed E-state index contributed by atoms with van der Waals surface area (Å²) >= 11 is 12.1. The number of hydrogen-bond donors (Lipinski definition) is 1. The first kappa shape index (κ1) is 18.7. The van der Waals surface area contributed by atoms with Gasteiger partial charge in [-0.25, -0.2) is 9.97 Å². The lowest BCUT2D eigenvalue weighted by atomic mass is 10.1. The SMILES string of the molecule is Cc1[nH]nc(CC(=O)N2CCc3ncncc3C2)c1Oc1cc(Cl)cc(Cl)c1. The van der Waals surface area contributed by atoms with Crippen LogP contribution in [0.2, 0.25) is 10.0 Å². The zero-order chi connectivity index (χ0) is 19.7. The molecule has 3 heterocycles. The molecule has 1 aliphatic heterocycles. The third-order valence-electron chi connectivity index (χ3n) is 4.55. The molecule has 0 unspecified atom stereocenters. The summed E-state index contributed by atoms with van der Waals surface area (Å²) in [6.07, 6.45) is 4.14. The second-order valence-electron chi connectivity index (χ2n) is 6.57. The van der Waals surface area contributed by atoms with E-state index in [4.69, 9.17) is 27.9 Å². The van der Waals surface area contributed by atoms with Crippen molar-refractivity contribution in [2.75, 3.05) is 6.54 Å². The van der Waals surface area contributed by atoms with E-state index in [0.29, 0.717) is 46.7 Å². The van der Waals surface area contributed by atoms with Gasteiger partial charge in [0.15, 0.2) is 5.75 Å². The van der Waals surface area contributed by atoms with Gasteiger partial charge in [-0.3, -0.25) is 9.89 Å². The van der Waals surface area contributed by atoms with Crippen molar-refractivity contribution < 1.29 is 9.53 Å². The van der Waals surface area contributed by atoms with Gasteiger partial charge in [-0.15, -0.1) is 0 Å². The van der Waals surface area contributed by atoms with Crippen LogP contribution < -0.4 is 4.74 Å². The molecule has 0 atom stereocenters. The molecular weight excluding hydrogens is 401 g/mol. The summed E-state index contributed by atoms with van der Waals surface area (Å²) in [6.45, 7) is 2.95. The molecular formula is C19H17Cl2N5O2. The van der Waals surface area contributed by atoms with E-state index in [0.717, 1.165) is 17.0 Å². The van der Waals surface area contributed by atoms with E-state index >= 15 is 0 Å². The number of hydrogen-bond acceptors (Lipinski definition) is 5.